The molecule has 1 amide bonds. The fraction of sp³-hybridized carbons (Fsp3) is 0.250. The van der Waals surface area contributed by atoms with Crippen LogP contribution in [0, 0.1) is 0 Å². The second-order valence-electron chi connectivity index (χ2n) is 5.32. The molecular formula is C16H18N4O2. The van der Waals surface area contributed by atoms with Crippen molar-refractivity contribution in [3.8, 4) is 5.75 Å². The van der Waals surface area contributed by atoms with Crippen molar-refractivity contribution in [2.75, 3.05) is 12.4 Å². The van der Waals surface area contributed by atoms with Crippen LogP contribution in [0.25, 0.3) is 10.9 Å². The lowest BCUT2D eigenvalue weighted by Gasteiger charge is -2.09. The maximum atomic E-state index is 12.5. The van der Waals surface area contributed by atoms with Crippen molar-refractivity contribution < 1.29 is 9.53 Å². The van der Waals surface area contributed by atoms with E-state index in [1.807, 2.05) is 24.4 Å². The normalized spacial score (nSPS) is 11.1. The number of benzene rings is 1. The highest BCUT2D eigenvalue weighted by atomic mass is 16.5. The lowest BCUT2D eigenvalue weighted by molar-refractivity contribution is 0.102. The molecule has 0 radical (unpaired) electrons. The van der Waals surface area contributed by atoms with Crippen LogP contribution in [0.4, 0.5) is 5.95 Å². The van der Waals surface area contributed by atoms with E-state index in [4.69, 9.17) is 4.74 Å². The van der Waals surface area contributed by atoms with Crippen LogP contribution < -0.4 is 10.1 Å². The van der Waals surface area contributed by atoms with Gasteiger partial charge in [-0.05, 0) is 32.0 Å². The molecule has 0 saturated carbocycles. The predicted molar refractivity (Wildman–Crippen MR) is 85.4 cm³/mol. The molecule has 0 atom stereocenters. The van der Waals surface area contributed by atoms with E-state index in [1.54, 1.807) is 19.5 Å². The Kier molecular flexibility index (Phi) is 3.58. The smallest absolute Gasteiger partial charge is 0.260 e. The van der Waals surface area contributed by atoms with Gasteiger partial charge in [0.15, 0.2) is 0 Å². The topological polar surface area (TPSA) is 71.9 Å². The lowest BCUT2D eigenvalue weighted by Crippen LogP contribution is -2.12. The molecule has 22 heavy (non-hydrogen) atoms. The average Bonchev–Trinajstić information content (AvgIpc) is 3.13. The number of fused-ring (bicyclic) bond motifs is 1. The van der Waals surface area contributed by atoms with E-state index in [-0.39, 0.29) is 11.9 Å². The Labute approximate surface area is 128 Å². The molecule has 1 aromatic carbocycles. The van der Waals surface area contributed by atoms with Gasteiger partial charge in [0.2, 0.25) is 5.95 Å². The first-order valence-corrected chi connectivity index (χ1v) is 7.09. The second kappa shape index (κ2) is 5.55. The predicted octanol–water partition coefficient (Wildman–Crippen LogP) is 3.21. The third-order valence-electron chi connectivity index (χ3n) is 3.57. The van der Waals surface area contributed by atoms with Gasteiger partial charge in [-0.15, -0.1) is 0 Å². The van der Waals surface area contributed by atoms with E-state index < -0.39 is 0 Å². The molecule has 0 spiro atoms. The molecule has 0 fully saturated rings. The standard InChI is InChI=1S/C16H18N4O2/c1-10(2)20-9-13(15(21)19-16-17-6-7-18-16)12-8-11(22-3)4-5-14(12)20/h4-10H,1-3H3,(H2,17,18,19,21). The average molecular weight is 298 g/mol. The van der Waals surface area contributed by atoms with Crippen molar-refractivity contribution in [2.45, 2.75) is 19.9 Å². The summed E-state index contributed by atoms with van der Waals surface area (Å²) in [6.07, 6.45) is 5.12. The van der Waals surface area contributed by atoms with Gasteiger partial charge < -0.3 is 14.3 Å². The SMILES string of the molecule is COc1ccc2c(c1)c(C(=O)Nc1ncc[nH]1)cn2C(C)C. The first-order valence-electron chi connectivity index (χ1n) is 7.09. The number of carbonyl (C=O) groups is 1. The fourth-order valence-corrected chi connectivity index (χ4v) is 2.48. The Hall–Kier alpha value is -2.76. The molecule has 2 N–H and O–H groups in total. The number of rotatable bonds is 4. The minimum Gasteiger partial charge on any atom is -0.497 e. The largest absolute Gasteiger partial charge is 0.497 e. The van der Waals surface area contributed by atoms with Crippen molar-refractivity contribution in [3.63, 3.8) is 0 Å². The third-order valence-corrected chi connectivity index (χ3v) is 3.57. The molecule has 2 heterocycles. The zero-order valence-electron chi connectivity index (χ0n) is 12.8. The number of aromatic nitrogens is 3. The van der Waals surface area contributed by atoms with Crippen molar-refractivity contribution in [2.24, 2.45) is 0 Å². The summed E-state index contributed by atoms with van der Waals surface area (Å²) in [6, 6.07) is 6.00. The highest BCUT2D eigenvalue weighted by molar-refractivity contribution is 6.12. The Morgan fingerprint density at radius 1 is 1.41 bits per heavy atom. The number of H-pyrrole nitrogens is 1. The van der Waals surface area contributed by atoms with Gasteiger partial charge >= 0.3 is 0 Å². The number of carbonyl (C=O) groups excluding carboxylic acids is 1. The maximum absolute atomic E-state index is 12.5. The zero-order chi connectivity index (χ0) is 15.7. The van der Waals surface area contributed by atoms with Crippen LogP contribution in [0.2, 0.25) is 0 Å². The van der Waals surface area contributed by atoms with Gasteiger partial charge in [-0.1, -0.05) is 0 Å². The summed E-state index contributed by atoms with van der Waals surface area (Å²) in [6.45, 7) is 4.16. The number of amides is 1. The van der Waals surface area contributed by atoms with Gasteiger partial charge in [-0.2, -0.15) is 0 Å². The van der Waals surface area contributed by atoms with Gasteiger partial charge in [0.25, 0.3) is 5.91 Å². The van der Waals surface area contributed by atoms with Crippen LogP contribution in [-0.4, -0.2) is 27.6 Å². The summed E-state index contributed by atoms with van der Waals surface area (Å²) >= 11 is 0. The number of nitrogens with zero attached hydrogens (tertiary/aromatic N) is 2. The number of hydrogen-bond acceptors (Lipinski definition) is 3. The molecule has 6 nitrogen and oxygen atoms in total. The second-order valence-corrected chi connectivity index (χ2v) is 5.32. The first-order chi connectivity index (χ1) is 10.6. The number of imidazole rings is 1. The number of methoxy groups -OCH3 is 1. The van der Waals surface area contributed by atoms with Crippen LogP contribution in [0.5, 0.6) is 5.75 Å². The van der Waals surface area contributed by atoms with E-state index in [9.17, 15) is 4.79 Å². The van der Waals surface area contributed by atoms with Crippen LogP contribution in [0.3, 0.4) is 0 Å². The molecule has 2 aromatic heterocycles. The van der Waals surface area contributed by atoms with Crippen molar-refractivity contribution in [1.82, 2.24) is 14.5 Å². The molecule has 6 heteroatoms. The number of aromatic amines is 1. The molecule has 3 aromatic rings. The summed E-state index contributed by atoms with van der Waals surface area (Å²) < 4.78 is 7.35. The fourth-order valence-electron chi connectivity index (χ4n) is 2.48. The highest BCUT2D eigenvalue weighted by Gasteiger charge is 2.17. The molecule has 0 aliphatic rings. The molecule has 114 valence electrons. The van der Waals surface area contributed by atoms with Crippen molar-refractivity contribution in [3.05, 3.63) is 42.4 Å². The van der Waals surface area contributed by atoms with Crippen molar-refractivity contribution in [1.29, 1.82) is 0 Å². The Balaban J connectivity index is 2.09. The van der Waals surface area contributed by atoms with Gasteiger partial charge in [0, 0.05) is 35.5 Å². The number of ether oxygens (including phenoxy) is 1. The summed E-state index contributed by atoms with van der Waals surface area (Å²) in [4.78, 5) is 19.4. The number of hydrogen-bond donors (Lipinski definition) is 2. The molecule has 0 bridgehead atoms. The number of anilines is 1. The molecule has 3 rings (SSSR count). The van der Waals surface area contributed by atoms with Crippen LogP contribution in [0.15, 0.2) is 36.8 Å². The van der Waals surface area contributed by atoms with Crippen LogP contribution in [0.1, 0.15) is 30.2 Å². The van der Waals surface area contributed by atoms with E-state index >= 15 is 0 Å². The monoisotopic (exact) mass is 298 g/mol. The minimum atomic E-state index is -0.201. The molecule has 0 aliphatic carbocycles. The maximum Gasteiger partial charge on any atom is 0.260 e. The van der Waals surface area contributed by atoms with Gasteiger partial charge in [-0.25, -0.2) is 4.98 Å². The lowest BCUT2D eigenvalue weighted by atomic mass is 10.1. The minimum absolute atomic E-state index is 0.201. The Morgan fingerprint density at radius 2 is 2.23 bits per heavy atom. The van der Waals surface area contributed by atoms with E-state index in [0.29, 0.717) is 11.5 Å². The van der Waals surface area contributed by atoms with Gasteiger partial charge in [0.05, 0.1) is 12.7 Å². The van der Waals surface area contributed by atoms with E-state index in [2.05, 4.69) is 33.7 Å². The molecule has 0 aliphatic heterocycles. The quantitative estimate of drug-likeness (QED) is 0.777. The molecule has 0 saturated heterocycles. The molecular weight excluding hydrogens is 280 g/mol. The Bertz CT molecular complexity index is 803. The van der Waals surface area contributed by atoms with Crippen molar-refractivity contribution >= 4 is 22.8 Å². The Morgan fingerprint density at radius 3 is 2.86 bits per heavy atom. The van der Waals surface area contributed by atoms with E-state index in [0.717, 1.165) is 16.7 Å². The summed E-state index contributed by atoms with van der Waals surface area (Å²) in [5.74, 6) is 0.951. The molecule has 0 unspecified atom stereocenters. The summed E-state index contributed by atoms with van der Waals surface area (Å²) in [7, 11) is 1.61. The summed E-state index contributed by atoms with van der Waals surface area (Å²) in [5, 5.41) is 3.62. The van der Waals surface area contributed by atoms with Gasteiger partial charge in [-0.3, -0.25) is 10.1 Å². The van der Waals surface area contributed by atoms with Gasteiger partial charge in [0.1, 0.15) is 5.75 Å². The van der Waals surface area contributed by atoms with E-state index in [1.165, 1.54) is 0 Å². The highest BCUT2D eigenvalue weighted by Crippen LogP contribution is 2.28. The number of nitrogens with one attached hydrogen (secondary N) is 2. The van der Waals surface area contributed by atoms with Crippen LogP contribution >= 0.6 is 0 Å². The summed E-state index contributed by atoms with van der Waals surface area (Å²) in [5.41, 5.74) is 1.60. The third kappa shape index (κ3) is 2.43. The first kappa shape index (κ1) is 14.2. The zero-order valence-corrected chi connectivity index (χ0v) is 12.8. The van der Waals surface area contributed by atoms with Crippen LogP contribution in [-0.2, 0) is 0 Å².